The number of rotatable bonds is 2. The molecule has 0 atom stereocenters. The standard InChI is InChI=1S/C19H15ClN4O/c1-11-6-5-7-12-10-14-17(23-24(2)18(14)21-16(11)12)22-19(25)13-8-3-4-9-15(13)20/h3-10H,1-2H3,(H,22,23,25). The van der Waals surface area contributed by atoms with E-state index in [-0.39, 0.29) is 5.91 Å². The molecule has 6 heteroatoms. The lowest BCUT2D eigenvalue weighted by atomic mass is 10.1. The van der Waals surface area contributed by atoms with Gasteiger partial charge in [0.2, 0.25) is 0 Å². The van der Waals surface area contributed by atoms with Crippen molar-refractivity contribution in [1.29, 1.82) is 0 Å². The number of nitrogens with zero attached hydrogens (tertiary/aromatic N) is 3. The fourth-order valence-corrected chi connectivity index (χ4v) is 3.14. The zero-order valence-corrected chi connectivity index (χ0v) is 14.5. The Morgan fingerprint density at radius 3 is 2.76 bits per heavy atom. The molecule has 1 amide bonds. The first-order valence-electron chi connectivity index (χ1n) is 7.83. The molecule has 5 nitrogen and oxygen atoms in total. The van der Waals surface area contributed by atoms with E-state index in [0.29, 0.717) is 16.4 Å². The summed E-state index contributed by atoms with van der Waals surface area (Å²) in [5, 5.41) is 9.47. The molecule has 25 heavy (non-hydrogen) atoms. The summed E-state index contributed by atoms with van der Waals surface area (Å²) in [6, 6.07) is 14.9. The van der Waals surface area contributed by atoms with Crippen LogP contribution in [0.3, 0.4) is 0 Å². The number of halogens is 1. The molecule has 0 spiro atoms. The van der Waals surface area contributed by atoms with Crippen molar-refractivity contribution in [3.63, 3.8) is 0 Å². The Morgan fingerprint density at radius 2 is 1.96 bits per heavy atom. The molecule has 0 unspecified atom stereocenters. The number of amides is 1. The summed E-state index contributed by atoms with van der Waals surface area (Å²) >= 11 is 6.11. The van der Waals surface area contributed by atoms with Crippen LogP contribution in [0.2, 0.25) is 5.02 Å². The number of carbonyl (C=O) groups excluding carboxylic acids is 1. The predicted molar refractivity (Wildman–Crippen MR) is 100 cm³/mol. The van der Waals surface area contributed by atoms with E-state index in [4.69, 9.17) is 16.6 Å². The second-order valence-electron chi connectivity index (χ2n) is 5.91. The number of aryl methyl sites for hydroxylation is 2. The fraction of sp³-hybridized carbons (Fsp3) is 0.105. The van der Waals surface area contributed by atoms with Gasteiger partial charge in [0.15, 0.2) is 11.5 Å². The number of aromatic nitrogens is 3. The van der Waals surface area contributed by atoms with Gasteiger partial charge in [0, 0.05) is 12.4 Å². The largest absolute Gasteiger partial charge is 0.304 e. The van der Waals surface area contributed by atoms with E-state index in [1.54, 1.807) is 28.9 Å². The van der Waals surface area contributed by atoms with Crippen LogP contribution in [0, 0.1) is 6.92 Å². The van der Waals surface area contributed by atoms with Gasteiger partial charge in [-0.1, -0.05) is 41.9 Å². The number of carbonyl (C=O) groups is 1. The summed E-state index contributed by atoms with van der Waals surface area (Å²) in [6.07, 6.45) is 0. The van der Waals surface area contributed by atoms with Crippen LogP contribution in [-0.4, -0.2) is 20.7 Å². The minimum Gasteiger partial charge on any atom is -0.304 e. The van der Waals surface area contributed by atoms with Crippen LogP contribution in [0.25, 0.3) is 21.9 Å². The lowest BCUT2D eigenvalue weighted by molar-refractivity contribution is 0.102. The molecule has 0 aliphatic rings. The lowest BCUT2D eigenvalue weighted by Gasteiger charge is -2.05. The maximum absolute atomic E-state index is 12.5. The quantitative estimate of drug-likeness (QED) is 0.585. The van der Waals surface area contributed by atoms with Crippen molar-refractivity contribution >= 4 is 45.3 Å². The molecule has 0 saturated carbocycles. The molecular weight excluding hydrogens is 336 g/mol. The van der Waals surface area contributed by atoms with Crippen molar-refractivity contribution in [1.82, 2.24) is 14.8 Å². The second-order valence-corrected chi connectivity index (χ2v) is 6.32. The highest BCUT2D eigenvalue weighted by Gasteiger charge is 2.16. The number of nitrogens with one attached hydrogen (secondary N) is 1. The molecule has 2 aromatic carbocycles. The van der Waals surface area contributed by atoms with E-state index in [2.05, 4.69) is 10.4 Å². The molecular formula is C19H15ClN4O. The molecule has 0 saturated heterocycles. The predicted octanol–water partition coefficient (Wildman–Crippen LogP) is 4.34. The summed E-state index contributed by atoms with van der Waals surface area (Å²) in [7, 11) is 1.81. The van der Waals surface area contributed by atoms with E-state index >= 15 is 0 Å². The van der Waals surface area contributed by atoms with Crippen LogP contribution in [0.15, 0.2) is 48.5 Å². The van der Waals surface area contributed by atoms with Crippen LogP contribution < -0.4 is 5.32 Å². The number of anilines is 1. The molecule has 0 bridgehead atoms. The third kappa shape index (κ3) is 2.62. The molecule has 4 aromatic rings. The van der Waals surface area contributed by atoms with Crippen molar-refractivity contribution in [3.05, 3.63) is 64.7 Å². The number of hydrogen-bond acceptors (Lipinski definition) is 3. The summed E-state index contributed by atoms with van der Waals surface area (Å²) in [6.45, 7) is 2.03. The van der Waals surface area contributed by atoms with Crippen LogP contribution in [-0.2, 0) is 7.05 Å². The van der Waals surface area contributed by atoms with E-state index < -0.39 is 0 Å². The van der Waals surface area contributed by atoms with Crippen molar-refractivity contribution in [2.75, 3.05) is 5.32 Å². The molecule has 0 fully saturated rings. The number of pyridine rings is 1. The Balaban J connectivity index is 1.83. The Bertz CT molecular complexity index is 1130. The monoisotopic (exact) mass is 350 g/mol. The van der Waals surface area contributed by atoms with Crippen molar-refractivity contribution < 1.29 is 4.79 Å². The Kier molecular flexibility index (Phi) is 3.66. The first-order chi connectivity index (χ1) is 12.0. The molecule has 2 aromatic heterocycles. The molecule has 124 valence electrons. The Morgan fingerprint density at radius 1 is 1.16 bits per heavy atom. The number of fused-ring (bicyclic) bond motifs is 2. The fourth-order valence-electron chi connectivity index (χ4n) is 2.92. The molecule has 0 radical (unpaired) electrons. The van der Waals surface area contributed by atoms with E-state index in [1.165, 1.54) is 0 Å². The van der Waals surface area contributed by atoms with Gasteiger partial charge >= 0.3 is 0 Å². The average Bonchev–Trinajstić information content (AvgIpc) is 2.89. The molecule has 2 heterocycles. The summed E-state index contributed by atoms with van der Waals surface area (Å²) < 4.78 is 1.67. The minimum atomic E-state index is -0.296. The van der Waals surface area contributed by atoms with Crippen molar-refractivity contribution in [3.8, 4) is 0 Å². The third-order valence-electron chi connectivity index (χ3n) is 4.19. The Hall–Kier alpha value is -2.92. The zero-order valence-electron chi connectivity index (χ0n) is 13.7. The SMILES string of the molecule is Cc1cccc2cc3c(NC(=O)c4ccccc4Cl)nn(C)c3nc12. The first kappa shape index (κ1) is 15.6. The third-order valence-corrected chi connectivity index (χ3v) is 4.52. The number of benzene rings is 2. The van der Waals surface area contributed by atoms with Gasteiger partial charge in [0.05, 0.1) is 21.5 Å². The number of para-hydroxylation sites is 1. The summed E-state index contributed by atoms with van der Waals surface area (Å²) in [5.74, 6) is 0.174. The normalized spacial score (nSPS) is 11.2. The van der Waals surface area contributed by atoms with Gasteiger partial charge in [0.25, 0.3) is 5.91 Å². The Labute approximate surface area is 149 Å². The highest BCUT2D eigenvalue weighted by Crippen LogP contribution is 2.27. The summed E-state index contributed by atoms with van der Waals surface area (Å²) in [5.41, 5.74) is 3.16. The van der Waals surface area contributed by atoms with E-state index in [9.17, 15) is 4.79 Å². The highest BCUT2D eigenvalue weighted by molar-refractivity contribution is 6.34. The topological polar surface area (TPSA) is 59.8 Å². The maximum Gasteiger partial charge on any atom is 0.258 e. The van der Waals surface area contributed by atoms with Crippen LogP contribution in [0.4, 0.5) is 5.82 Å². The van der Waals surface area contributed by atoms with Gasteiger partial charge in [0.1, 0.15) is 0 Å². The number of hydrogen-bond donors (Lipinski definition) is 1. The van der Waals surface area contributed by atoms with Gasteiger partial charge in [-0.25, -0.2) is 9.67 Å². The lowest BCUT2D eigenvalue weighted by Crippen LogP contribution is -2.13. The van der Waals surface area contributed by atoms with E-state index in [1.807, 2.05) is 38.2 Å². The van der Waals surface area contributed by atoms with Crippen LogP contribution >= 0.6 is 11.6 Å². The minimum absolute atomic E-state index is 0.296. The smallest absolute Gasteiger partial charge is 0.258 e. The molecule has 4 rings (SSSR count). The average molecular weight is 351 g/mol. The van der Waals surface area contributed by atoms with Crippen molar-refractivity contribution in [2.45, 2.75) is 6.92 Å². The van der Waals surface area contributed by atoms with Crippen LogP contribution in [0.1, 0.15) is 15.9 Å². The van der Waals surface area contributed by atoms with Crippen LogP contribution in [0.5, 0.6) is 0 Å². The van der Waals surface area contributed by atoms with Gasteiger partial charge in [-0.2, -0.15) is 5.10 Å². The van der Waals surface area contributed by atoms with Gasteiger partial charge < -0.3 is 5.32 Å². The van der Waals surface area contributed by atoms with E-state index in [0.717, 1.165) is 27.5 Å². The first-order valence-corrected chi connectivity index (χ1v) is 8.21. The van der Waals surface area contributed by atoms with Gasteiger partial charge in [-0.15, -0.1) is 0 Å². The maximum atomic E-state index is 12.5. The van der Waals surface area contributed by atoms with Crippen molar-refractivity contribution in [2.24, 2.45) is 7.05 Å². The molecule has 0 aliphatic heterocycles. The van der Waals surface area contributed by atoms with Gasteiger partial charge in [-0.3, -0.25) is 4.79 Å². The second kappa shape index (κ2) is 5.86. The molecule has 0 aliphatic carbocycles. The summed E-state index contributed by atoms with van der Waals surface area (Å²) in [4.78, 5) is 17.3. The highest BCUT2D eigenvalue weighted by atomic mass is 35.5. The van der Waals surface area contributed by atoms with Gasteiger partial charge in [-0.05, 0) is 30.7 Å². The molecule has 1 N–H and O–H groups in total. The zero-order chi connectivity index (χ0) is 17.6.